The average Bonchev–Trinajstić information content (AvgIpc) is 2.71. The lowest BCUT2D eigenvalue weighted by molar-refractivity contribution is 0.0953. The third kappa shape index (κ3) is 5.32. The normalized spacial score (nSPS) is 11.6. The van der Waals surface area contributed by atoms with Gasteiger partial charge in [0.2, 0.25) is 0 Å². The highest BCUT2D eigenvalue weighted by Crippen LogP contribution is 2.21. The van der Waals surface area contributed by atoms with Crippen LogP contribution in [-0.4, -0.2) is 16.7 Å². The summed E-state index contributed by atoms with van der Waals surface area (Å²) >= 11 is 0. The maximum atomic E-state index is 12.7. The number of carbonyl (C=O) groups excluding carboxylic acids is 1. The summed E-state index contributed by atoms with van der Waals surface area (Å²) in [6.07, 6.45) is 3.25. The van der Waals surface area contributed by atoms with Gasteiger partial charge in [0.05, 0.1) is 12.8 Å². The van der Waals surface area contributed by atoms with E-state index >= 15 is 0 Å². The summed E-state index contributed by atoms with van der Waals surface area (Å²) in [6, 6.07) is 19.2. The van der Waals surface area contributed by atoms with Crippen molar-refractivity contribution in [2.75, 3.05) is 0 Å². The van der Waals surface area contributed by atoms with Gasteiger partial charge >= 0.3 is 0 Å². The Labute approximate surface area is 177 Å². The number of hydrazone groups is 1. The number of rotatable bonds is 5. The molecule has 1 heterocycles. The van der Waals surface area contributed by atoms with Crippen LogP contribution in [-0.2, 0) is 12.0 Å². The fraction of sp³-hybridized carbons (Fsp3) is 0.240. The number of pyridine rings is 1. The highest BCUT2D eigenvalue weighted by Gasteiger charge is 2.13. The number of nitrogens with zero attached hydrogens (tertiary/aromatic N) is 2. The second-order valence-corrected chi connectivity index (χ2v) is 8.41. The van der Waals surface area contributed by atoms with E-state index in [1.54, 1.807) is 18.5 Å². The minimum Gasteiger partial charge on any atom is -0.310 e. The molecule has 2 aromatic carbocycles. The van der Waals surface area contributed by atoms with Gasteiger partial charge in [0.25, 0.3) is 11.5 Å². The van der Waals surface area contributed by atoms with Crippen molar-refractivity contribution in [1.82, 2.24) is 9.99 Å². The van der Waals surface area contributed by atoms with Gasteiger partial charge in [0, 0.05) is 6.20 Å². The lowest BCUT2D eigenvalue weighted by atomic mass is 9.87. The molecule has 0 spiro atoms. The van der Waals surface area contributed by atoms with Crippen LogP contribution < -0.4 is 11.0 Å². The van der Waals surface area contributed by atoms with Crippen LogP contribution in [0.4, 0.5) is 0 Å². The van der Waals surface area contributed by atoms with Gasteiger partial charge in [0.15, 0.2) is 0 Å². The Morgan fingerprint density at radius 2 is 1.70 bits per heavy atom. The third-order valence-electron chi connectivity index (χ3n) is 4.89. The summed E-state index contributed by atoms with van der Waals surface area (Å²) < 4.78 is 1.52. The Morgan fingerprint density at radius 3 is 2.33 bits per heavy atom. The maximum Gasteiger partial charge on any atom is 0.276 e. The molecule has 5 heteroatoms. The Balaban J connectivity index is 1.69. The lowest BCUT2D eigenvalue weighted by Crippen LogP contribution is -2.30. The van der Waals surface area contributed by atoms with Gasteiger partial charge in [-0.15, -0.1) is 0 Å². The summed E-state index contributed by atoms with van der Waals surface area (Å²) in [5.74, 6) is -0.527. The van der Waals surface area contributed by atoms with Crippen LogP contribution in [0.15, 0.2) is 76.8 Å². The van der Waals surface area contributed by atoms with Crippen LogP contribution in [0.5, 0.6) is 0 Å². The lowest BCUT2D eigenvalue weighted by Gasteiger charge is -2.18. The SMILES string of the molecule is Cc1ccc(Cn2cccc(C(=O)N/N=C\c3ccc(C(C)(C)C)cc3)c2=O)cc1. The zero-order valence-corrected chi connectivity index (χ0v) is 17.8. The summed E-state index contributed by atoms with van der Waals surface area (Å²) in [5, 5.41) is 4.00. The molecule has 0 radical (unpaired) electrons. The molecule has 3 aromatic rings. The van der Waals surface area contributed by atoms with Crippen LogP contribution in [0.3, 0.4) is 0 Å². The average molecular weight is 402 g/mol. The maximum absolute atomic E-state index is 12.7. The summed E-state index contributed by atoms with van der Waals surface area (Å²) in [6.45, 7) is 8.88. The fourth-order valence-electron chi connectivity index (χ4n) is 3.02. The van der Waals surface area contributed by atoms with Crippen molar-refractivity contribution in [3.63, 3.8) is 0 Å². The molecular formula is C25H27N3O2. The van der Waals surface area contributed by atoms with Crippen molar-refractivity contribution in [2.45, 2.75) is 39.7 Å². The first-order valence-electron chi connectivity index (χ1n) is 9.93. The molecule has 0 aliphatic heterocycles. The molecule has 3 rings (SSSR count). The predicted molar refractivity (Wildman–Crippen MR) is 121 cm³/mol. The smallest absolute Gasteiger partial charge is 0.276 e. The Hall–Kier alpha value is -3.47. The first kappa shape index (κ1) is 21.2. The summed E-state index contributed by atoms with van der Waals surface area (Å²) in [4.78, 5) is 25.1. The zero-order chi connectivity index (χ0) is 21.7. The molecular weight excluding hydrogens is 374 g/mol. The molecule has 30 heavy (non-hydrogen) atoms. The van der Waals surface area contributed by atoms with Crippen molar-refractivity contribution in [3.05, 3.63) is 105 Å². The first-order chi connectivity index (χ1) is 14.2. The standard InChI is InChI=1S/C25H27N3O2/c1-18-7-9-20(10-8-18)17-28-15-5-6-22(24(28)30)23(29)27-26-16-19-11-13-21(14-12-19)25(2,3)4/h5-16H,17H2,1-4H3,(H,27,29)/b26-16-. The summed E-state index contributed by atoms with van der Waals surface area (Å²) in [7, 11) is 0. The molecule has 0 saturated heterocycles. The molecule has 0 unspecified atom stereocenters. The van der Waals surface area contributed by atoms with Crippen molar-refractivity contribution in [3.8, 4) is 0 Å². The third-order valence-corrected chi connectivity index (χ3v) is 4.89. The van der Waals surface area contributed by atoms with Crippen LogP contribution >= 0.6 is 0 Å². The number of aromatic nitrogens is 1. The van der Waals surface area contributed by atoms with E-state index in [1.807, 2.05) is 55.5 Å². The van der Waals surface area contributed by atoms with Gasteiger partial charge < -0.3 is 4.57 Å². The number of benzene rings is 2. The molecule has 0 aliphatic carbocycles. The van der Waals surface area contributed by atoms with E-state index in [1.165, 1.54) is 16.2 Å². The number of carbonyl (C=O) groups is 1. The second-order valence-electron chi connectivity index (χ2n) is 8.41. The van der Waals surface area contributed by atoms with Crippen molar-refractivity contribution >= 4 is 12.1 Å². The Kier molecular flexibility index (Phi) is 6.31. The van der Waals surface area contributed by atoms with Gasteiger partial charge in [-0.05, 0) is 41.2 Å². The molecule has 1 amide bonds. The topological polar surface area (TPSA) is 63.5 Å². The highest BCUT2D eigenvalue weighted by atomic mass is 16.2. The minimum absolute atomic E-state index is 0.0600. The Morgan fingerprint density at radius 1 is 1.03 bits per heavy atom. The Bertz CT molecular complexity index is 1100. The van der Waals surface area contributed by atoms with Crippen LogP contribution in [0.25, 0.3) is 0 Å². The predicted octanol–water partition coefficient (Wildman–Crippen LogP) is 4.27. The molecule has 1 N–H and O–H groups in total. The highest BCUT2D eigenvalue weighted by molar-refractivity contribution is 5.94. The van der Waals surface area contributed by atoms with E-state index in [4.69, 9.17) is 0 Å². The number of hydrogen-bond donors (Lipinski definition) is 1. The molecule has 0 bridgehead atoms. The van der Waals surface area contributed by atoms with Gasteiger partial charge in [-0.1, -0.05) is 74.9 Å². The van der Waals surface area contributed by atoms with E-state index in [9.17, 15) is 9.59 Å². The second kappa shape index (κ2) is 8.91. The quantitative estimate of drug-likeness (QED) is 0.513. The molecule has 154 valence electrons. The molecule has 5 nitrogen and oxygen atoms in total. The van der Waals surface area contributed by atoms with E-state index in [0.29, 0.717) is 6.54 Å². The van der Waals surface area contributed by atoms with Gasteiger partial charge in [-0.25, -0.2) is 5.43 Å². The van der Waals surface area contributed by atoms with Gasteiger partial charge in [-0.2, -0.15) is 5.10 Å². The van der Waals surface area contributed by atoms with Crippen LogP contribution in [0.2, 0.25) is 0 Å². The van der Waals surface area contributed by atoms with Crippen molar-refractivity contribution < 1.29 is 4.79 Å². The van der Waals surface area contributed by atoms with Gasteiger partial charge in [0.1, 0.15) is 5.56 Å². The molecule has 1 aromatic heterocycles. The van der Waals surface area contributed by atoms with E-state index < -0.39 is 5.91 Å². The van der Waals surface area contributed by atoms with Gasteiger partial charge in [-0.3, -0.25) is 9.59 Å². The van der Waals surface area contributed by atoms with Crippen LogP contribution in [0.1, 0.15) is 53.4 Å². The summed E-state index contributed by atoms with van der Waals surface area (Å²) in [5.41, 5.74) is 6.49. The molecule has 0 fully saturated rings. The largest absolute Gasteiger partial charge is 0.310 e. The monoisotopic (exact) mass is 401 g/mol. The number of aryl methyl sites for hydroxylation is 1. The zero-order valence-electron chi connectivity index (χ0n) is 17.8. The van der Waals surface area contributed by atoms with Crippen LogP contribution in [0, 0.1) is 6.92 Å². The van der Waals surface area contributed by atoms with Crippen molar-refractivity contribution in [2.24, 2.45) is 5.10 Å². The van der Waals surface area contributed by atoms with E-state index in [0.717, 1.165) is 16.7 Å². The number of amides is 1. The van der Waals surface area contributed by atoms with Crippen molar-refractivity contribution in [1.29, 1.82) is 0 Å². The fourth-order valence-corrected chi connectivity index (χ4v) is 3.02. The minimum atomic E-state index is -0.527. The van der Waals surface area contributed by atoms with E-state index in [-0.39, 0.29) is 16.5 Å². The number of nitrogens with one attached hydrogen (secondary N) is 1. The first-order valence-corrected chi connectivity index (χ1v) is 9.93. The number of hydrogen-bond acceptors (Lipinski definition) is 3. The molecule has 0 saturated carbocycles. The molecule has 0 atom stereocenters. The van der Waals surface area contributed by atoms with E-state index in [2.05, 4.69) is 31.3 Å². The molecule has 0 aliphatic rings.